The largest absolute Gasteiger partial charge is 0.493 e. The van der Waals surface area contributed by atoms with Gasteiger partial charge in [-0.1, -0.05) is 28.1 Å². The number of rotatable bonds is 4. The maximum Gasteiger partial charge on any atom is 0.133 e. The summed E-state index contributed by atoms with van der Waals surface area (Å²) < 4.78 is 7.52. The Kier molecular flexibility index (Phi) is 5.24. The predicted molar refractivity (Wildman–Crippen MR) is 90.2 cm³/mol. The number of halogens is 2. The zero-order valence-electron chi connectivity index (χ0n) is 11.5. The van der Waals surface area contributed by atoms with Crippen molar-refractivity contribution in [2.24, 2.45) is 5.73 Å². The second-order valence-electron chi connectivity index (χ2n) is 4.60. The molecule has 0 aliphatic carbocycles. The Hall–Kier alpha value is -0.840. The number of nitrogens with two attached hydrogens (primary N) is 1. The molecule has 2 aromatic carbocycles. The van der Waals surface area contributed by atoms with Crippen LogP contribution >= 0.6 is 31.9 Å². The highest BCUT2D eigenvalue weighted by Gasteiger charge is 2.13. The van der Waals surface area contributed by atoms with E-state index in [0.29, 0.717) is 6.61 Å². The fourth-order valence-corrected chi connectivity index (χ4v) is 3.14. The van der Waals surface area contributed by atoms with Crippen molar-refractivity contribution in [1.82, 2.24) is 0 Å². The summed E-state index contributed by atoms with van der Waals surface area (Å²) in [6, 6.07) is 12.0. The SMILES string of the molecule is CCOc1ccc(C(N)c2ccc(Br)cc2C)cc1Br. The molecule has 2 N–H and O–H groups in total. The van der Waals surface area contributed by atoms with E-state index < -0.39 is 0 Å². The molecule has 0 bridgehead atoms. The maximum absolute atomic E-state index is 6.38. The number of aryl methyl sites for hydroxylation is 1. The Labute approximate surface area is 136 Å². The molecule has 0 amide bonds. The van der Waals surface area contributed by atoms with Crippen molar-refractivity contribution in [3.8, 4) is 5.75 Å². The van der Waals surface area contributed by atoms with Crippen molar-refractivity contribution in [3.63, 3.8) is 0 Å². The average molecular weight is 399 g/mol. The van der Waals surface area contributed by atoms with E-state index in [0.717, 1.165) is 25.8 Å². The smallest absolute Gasteiger partial charge is 0.133 e. The molecule has 0 radical (unpaired) electrons. The van der Waals surface area contributed by atoms with Gasteiger partial charge in [0.15, 0.2) is 0 Å². The van der Waals surface area contributed by atoms with Gasteiger partial charge in [-0.25, -0.2) is 0 Å². The zero-order valence-corrected chi connectivity index (χ0v) is 14.7. The minimum atomic E-state index is -0.143. The van der Waals surface area contributed by atoms with E-state index >= 15 is 0 Å². The van der Waals surface area contributed by atoms with Gasteiger partial charge in [-0.3, -0.25) is 0 Å². The Bertz CT molecular complexity index is 613. The van der Waals surface area contributed by atoms with E-state index in [1.165, 1.54) is 5.56 Å². The van der Waals surface area contributed by atoms with Crippen LogP contribution in [0.4, 0.5) is 0 Å². The molecule has 106 valence electrons. The molecule has 1 atom stereocenters. The number of benzene rings is 2. The molecule has 1 unspecified atom stereocenters. The van der Waals surface area contributed by atoms with E-state index in [1.807, 2.05) is 31.2 Å². The van der Waals surface area contributed by atoms with Gasteiger partial charge >= 0.3 is 0 Å². The van der Waals surface area contributed by atoms with Crippen LogP contribution in [0.2, 0.25) is 0 Å². The highest BCUT2D eigenvalue weighted by molar-refractivity contribution is 9.10. The maximum atomic E-state index is 6.38. The van der Waals surface area contributed by atoms with Crippen molar-refractivity contribution >= 4 is 31.9 Å². The summed E-state index contributed by atoms with van der Waals surface area (Å²) in [5.41, 5.74) is 9.75. The normalized spacial score (nSPS) is 12.2. The Morgan fingerprint density at radius 3 is 2.50 bits per heavy atom. The second kappa shape index (κ2) is 6.74. The lowest BCUT2D eigenvalue weighted by Gasteiger charge is -2.17. The lowest BCUT2D eigenvalue weighted by atomic mass is 9.96. The number of ether oxygens (including phenoxy) is 1. The first-order valence-electron chi connectivity index (χ1n) is 6.46. The van der Waals surface area contributed by atoms with Gasteiger partial charge in [-0.05, 0) is 70.7 Å². The summed E-state index contributed by atoms with van der Waals surface area (Å²) in [6.45, 7) is 4.69. The van der Waals surface area contributed by atoms with Gasteiger partial charge in [0.2, 0.25) is 0 Å². The Morgan fingerprint density at radius 2 is 1.90 bits per heavy atom. The molecule has 0 aliphatic rings. The van der Waals surface area contributed by atoms with E-state index in [1.54, 1.807) is 0 Å². The molecular weight excluding hydrogens is 382 g/mol. The molecule has 0 aliphatic heterocycles. The molecule has 4 heteroatoms. The third-order valence-electron chi connectivity index (χ3n) is 3.18. The van der Waals surface area contributed by atoms with E-state index in [2.05, 4.69) is 50.9 Å². The molecule has 20 heavy (non-hydrogen) atoms. The quantitative estimate of drug-likeness (QED) is 0.789. The first kappa shape index (κ1) is 15.5. The third kappa shape index (κ3) is 3.43. The zero-order chi connectivity index (χ0) is 14.7. The Morgan fingerprint density at radius 1 is 1.15 bits per heavy atom. The van der Waals surface area contributed by atoms with E-state index in [4.69, 9.17) is 10.5 Å². The van der Waals surface area contributed by atoms with Crippen LogP contribution in [0, 0.1) is 6.92 Å². The first-order chi connectivity index (χ1) is 9.52. The number of hydrogen-bond donors (Lipinski definition) is 1. The fourth-order valence-electron chi connectivity index (χ4n) is 2.15. The molecule has 0 heterocycles. The molecule has 2 nitrogen and oxygen atoms in total. The molecule has 0 aromatic heterocycles. The van der Waals surface area contributed by atoms with Gasteiger partial charge in [0.1, 0.15) is 5.75 Å². The predicted octanol–water partition coefficient (Wildman–Crippen LogP) is 4.97. The molecule has 0 saturated heterocycles. The molecule has 0 fully saturated rings. The molecular formula is C16H17Br2NO. The monoisotopic (exact) mass is 397 g/mol. The topological polar surface area (TPSA) is 35.2 Å². The molecule has 2 aromatic rings. The minimum Gasteiger partial charge on any atom is -0.493 e. The van der Waals surface area contributed by atoms with Crippen molar-refractivity contribution in [2.45, 2.75) is 19.9 Å². The van der Waals surface area contributed by atoms with Crippen LogP contribution < -0.4 is 10.5 Å². The highest BCUT2D eigenvalue weighted by atomic mass is 79.9. The van der Waals surface area contributed by atoms with E-state index in [-0.39, 0.29) is 6.04 Å². The lowest BCUT2D eigenvalue weighted by molar-refractivity contribution is 0.338. The van der Waals surface area contributed by atoms with Gasteiger partial charge < -0.3 is 10.5 Å². The summed E-state index contributed by atoms with van der Waals surface area (Å²) in [7, 11) is 0. The van der Waals surface area contributed by atoms with Crippen LogP contribution in [0.1, 0.15) is 29.7 Å². The van der Waals surface area contributed by atoms with Crippen LogP contribution in [-0.2, 0) is 0 Å². The summed E-state index contributed by atoms with van der Waals surface area (Å²) in [6.07, 6.45) is 0. The molecule has 2 rings (SSSR count). The lowest BCUT2D eigenvalue weighted by Crippen LogP contribution is -2.13. The van der Waals surface area contributed by atoms with Crippen LogP contribution in [-0.4, -0.2) is 6.61 Å². The third-order valence-corrected chi connectivity index (χ3v) is 4.29. The van der Waals surface area contributed by atoms with Crippen LogP contribution in [0.3, 0.4) is 0 Å². The summed E-state index contributed by atoms with van der Waals surface area (Å²) in [5, 5.41) is 0. The van der Waals surface area contributed by atoms with Crippen molar-refractivity contribution in [2.75, 3.05) is 6.61 Å². The van der Waals surface area contributed by atoms with Gasteiger partial charge in [-0.2, -0.15) is 0 Å². The molecule has 0 saturated carbocycles. The van der Waals surface area contributed by atoms with Crippen molar-refractivity contribution in [3.05, 3.63) is 62.0 Å². The first-order valence-corrected chi connectivity index (χ1v) is 8.05. The van der Waals surface area contributed by atoms with Crippen LogP contribution in [0.25, 0.3) is 0 Å². The Balaban J connectivity index is 2.33. The van der Waals surface area contributed by atoms with Gasteiger partial charge in [0.05, 0.1) is 17.1 Å². The summed E-state index contributed by atoms with van der Waals surface area (Å²) in [5.74, 6) is 0.843. The minimum absolute atomic E-state index is 0.143. The average Bonchev–Trinajstić information content (AvgIpc) is 2.40. The summed E-state index contributed by atoms with van der Waals surface area (Å²) >= 11 is 7.01. The number of hydrogen-bond acceptors (Lipinski definition) is 2. The van der Waals surface area contributed by atoms with Gasteiger partial charge in [-0.15, -0.1) is 0 Å². The van der Waals surface area contributed by atoms with E-state index in [9.17, 15) is 0 Å². The summed E-state index contributed by atoms with van der Waals surface area (Å²) in [4.78, 5) is 0. The van der Waals surface area contributed by atoms with Gasteiger partial charge in [0, 0.05) is 4.47 Å². The van der Waals surface area contributed by atoms with Crippen molar-refractivity contribution < 1.29 is 4.74 Å². The second-order valence-corrected chi connectivity index (χ2v) is 6.37. The molecule has 0 spiro atoms. The van der Waals surface area contributed by atoms with Crippen LogP contribution in [0.15, 0.2) is 45.3 Å². The standard InChI is InChI=1S/C16H17Br2NO/c1-3-20-15-7-4-11(9-14(15)18)16(19)13-6-5-12(17)8-10(13)2/h4-9,16H,3,19H2,1-2H3. The fraction of sp³-hybridized carbons (Fsp3) is 0.250. The van der Waals surface area contributed by atoms with Crippen molar-refractivity contribution in [1.29, 1.82) is 0 Å². The van der Waals surface area contributed by atoms with Gasteiger partial charge in [0.25, 0.3) is 0 Å². The highest BCUT2D eigenvalue weighted by Crippen LogP contribution is 2.31. The van der Waals surface area contributed by atoms with Crippen LogP contribution in [0.5, 0.6) is 5.75 Å².